The number of nitrogens with one attached hydrogen (secondary N) is 2. The van der Waals surface area contributed by atoms with E-state index >= 15 is 0 Å². The van der Waals surface area contributed by atoms with Crippen molar-refractivity contribution in [1.82, 2.24) is 19.8 Å². The van der Waals surface area contributed by atoms with E-state index in [0.29, 0.717) is 12.2 Å². The summed E-state index contributed by atoms with van der Waals surface area (Å²) in [5.41, 5.74) is 7.20. The van der Waals surface area contributed by atoms with Gasteiger partial charge in [0, 0.05) is 36.4 Å². The Labute approximate surface area is 243 Å². The van der Waals surface area contributed by atoms with Gasteiger partial charge in [-0.05, 0) is 49.2 Å². The second kappa shape index (κ2) is 13.5. The van der Waals surface area contributed by atoms with Crippen LogP contribution < -0.4 is 15.4 Å². The minimum Gasteiger partial charge on any atom is -0.497 e. The Bertz CT molecular complexity index is 1460. The van der Waals surface area contributed by atoms with Gasteiger partial charge in [0.25, 0.3) is 5.91 Å². The van der Waals surface area contributed by atoms with Crippen LogP contribution in [-0.4, -0.2) is 40.7 Å². The molecule has 0 saturated heterocycles. The molecule has 1 aliphatic heterocycles. The first-order valence-corrected chi connectivity index (χ1v) is 14.8. The van der Waals surface area contributed by atoms with Gasteiger partial charge in [-0.2, -0.15) is 0 Å². The van der Waals surface area contributed by atoms with Crippen molar-refractivity contribution in [3.05, 3.63) is 89.6 Å². The van der Waals surface area contributed by atoms with E-state index in [1.54, 1.807) is 7.11 Å². The first-order valence-electron chi connectivity index (χ1n) is 14.8. The number of fused-ring (bicyclic) bond motifs is 1. The fraction of sp³-hybridized carbons (Fsp3) is 0.353. The van der Waals surface area contributed by atoms with Crippen LogP contribution >= 0.6 is 0 Å². The Kier molecular flexibility index (Phi) is 9.36. The second-order valence-corrected chi connectivity index (χ2v) is 10.6. The van der Waals surface area contributed by atoms with Gasteiger partial charge >= 0.3 is 0 Å². The molecule has 5 rings (SSSR count). The smallest absolute Gasteiger partial charge is 0.254 e. The van der Waals surface area contributed by atoms with Crippen molar-refractivity contribution in [1.29, 1.82) is 0 Å². The summed E-state index contributed by atoms with van der Waals surface area (Å²) in [5.74, 6) is 1.81. The van der Waals surface area contributed by atoms with Gasteiger partial charge in [0.1, 0.15) is 11.6 Å². The highest BCUT2D eigenvalue weighted by Gasteiger charge is 2.23. The fourth-order valence-corrected chi connectivity index (χ4v) is 5.43. The number of amides is 1. The third-order valence-corrected chi connectivity index (χ3v) is 7.65. The molecule has 1 aliphatic rings. The number of benzene rings is 3. The van der Waals surface area contributed by atoms with Crippen molar-refractivity contribution in [2.75, 3.05) is 25.6 Å². The van der Waals surface area contributed by atoms with Crippen LogP contribution in [-0.2, 0) is 19.6 Å². The Morgan fingerprint density at radius 1 is 0.902 bits per heavy atom. The van der Waals surface area contributed by atoms with E-state index in [-0.39, 0.29) is 5.91 Å². The third-order valence-electron chi connectivity index (χ3n) is 7.65. The van der Waals surface area contributed by atoms with Crippen LogP contribution in [0.4, 0.5) is 5.69 Å². The first-order chi connectivity index (χ1) is 20.1. The van der Waals surface area contributed by atoms with Crippen molar-refractivity contribution in [3.63, 3.8) is 0 Å². The lowest BCUT2D eigenvalue weighted by atomic mass is 10.1. The zero-order valence-electron chi connectivity index (χ0n) is 24.5. The molecule has 0 radical (unpaired) electrons. The van der Waals surface area contributed by atoms with E-state index in [9.17, 15) is 4.79 Å². The molecule has 0 spiro atoms. The number of nitrogens with zero attached hydrogens (tertiary/aromatic N) is 3. The summed E-state index contributed by atoms with van der Waals surface area (Å²) in [6.45, 7) is 8.36. The zero-order chi connectivity index (χ0) is 28.6. The molecule has 2 heterocycles. The largest absolute Gasteiger partial charge is 0.497 e. The van der Waals surface area contributed by atoms with E-state index in [1.807, 2.05) is 18.2 Å². The maximum absolute atomic E-state index is 12.3. The highest BCUT2D eigenvalue weighted by atomic mass is 16.5. The summed E-state index contributed by atoms with van der Waals surface area (Å²) in [6, 6.07) is 24.9. The second-order valence-electron chi connectivity index (χ2n) is 10.6. The van der Waals surface area contributed by atoms with Crippen LogP contribution in [0.25, 0.3) is 22.6 Å². The number of methoxy groups -OCH3 is 1. The lowest BCUT2D eigenvalue weighted by molar-refractivity contribution is 0.0953. The van der Waals surface area contributed by atoms with Crippen LogP contribution in [0.2, 0.25) is 0 Å². The number of aromatic nitrogens is 2. The Morgan fingerprint density at radius 3 is 2.49 bits per heavy atom. The molecule has 7 heteroatoms. The molecule has 41 heavy (non-hydrogen) atoms. The van der Waals surface area contributed by atoms with Gasteiger partial charge in [-0.25, -0.2) is 4.98 Å². The number of anilines is 1. The molecule has 2 N–H and O–H groups in total. The number of hydrogen-bond acceptors (Lipinski definition) is 5. The van der Waals surface area contributed by atoms with Gasteiger partial charge in [0.05, 0.1) is 30.7 Å². The predicted octanol–water partition coefficient (Wildman–Crippen LogP) is 6.94. The van der Waals surface area contributed by atoms with Gasteiger partial charge in [-0.3, -0.25) is 9.69 Å². The van der Waals surface area contributed by atoms with Gasteiger partial charge in [0.15, 0.2) is 0 Å². The van der Waals surface area contributed by atoms with Crippen molar-refractivity contribution in [2.24, 2.45) is 0 Å². The number of ether oxygens (including phenoxy) is 1. The monoisotopic (exact) mass is 551 g/mol. The van der Waals surface area contributed by atoms with E-state index in [4.69, 9.17) is 9.72 Å². The van der Waals surface area contributed by atoms with Gasteiger partial charge in [0.2, 0.25) is 0 Å². The average Bonchev–Trinajstić information content (AvgIpc) is 3.37. The molecule has 1 amide bonds. The van der Waals surface area contributed by atoms with E-state index in [2.05, 4.69) is 88.5 Å². The average molecular weight is 552 g/mol. The number of rotatable bonds is 13. The molecular weight excluding hydrogens is 510 g/mol. The van der Waals surface area contributed by atoms with E-state index in [0.717, 1.165) is 85.9 Å². The third kappa shape index (κ3) is 6.63. The van der Waals surface area contributed by atoms with Crippen molar-refractivity contribution >= 4 is 11.6 Å². The molecule has 0 fully saturated rings. The molecule has 214 valence electrons. The van der Waals surface area contributed by atoms with E-state index < -0.39 is 0 Å². The summed E-state index contributed by atoms with van der Waals surface area (Å²) in [5, 5.41) is 6.17. The Balaban J connectivity index is 1.57. The number of unbranched alkanes of at least 4 members (excludes halogenated alkanes) is 2. The molecule has 3 aromatic carbocycles. The summed E-state index contributed by atoms with van der Waals surface area (Å²) in [6.07, 6.45) is 4.41. The minimum absolute atomic E-state index is 0.0238. The molecule has 0 saturated carbocycles. The molecule has 0 aliphatic carbocycles. The first kappa shape index (κ1) is 28.4. The van der Waals surface area contributed by atoms with Crippen molar-refractivity contribution < 1.29 is 9.53 Å². The van der Waals surface area contributed by atoms with Crippen LogP contribution in [0.3, 0.4) is 0 Å². The van der Waals surface area contributed by atoms with Crippen molar-refractivity contribution in [3.8, 4) is 28.4 Å². The van der Waals surface area contributed by atoms with Crippen LogP contribution in [0.5, 0.6) is 5.75 Å². The maximum Gasteiger partial charge on any atom is 0.254 e. The quantitative estimate of drug-likeness (QED) is 0.188. The topological polar surface area (TPSA) is 71.4 Å². The highest BCUT2D eigenvalue weighted by molar-refractivity contribution is 6.01. The predicted molar refractivity (Wildman–Crippen MR) is 166 cm³/mol. The molecule has 7 nitrogen and oxygen atoms in total. The van der Waals surface area contributed by atoms with Crippen LogP contribution in [0, 0.1) is 0 Å². The molecule has 4 aromatic rings. The molecule has 0 unspecified atom stereocenters. The maximum atomic E-state index is 12.3. The SMILES string of the molecule is CCCCN(Cc1ccc2c(c1)NCNC2=O)Cc1c(-c2cccc(OC)c2)nc(-c2ccccc2)n1CCCC. The molecule has 1 aromatic heterocycles. The molecular formula is C34H41N5O2. The number of carbonyl (C=O) groups is 1. The zero-order valence-corrected chi connectivity index (χ0v) is 24.5. The fourth-order valence-electron chi connectivity index (χ4n) is 5.43. The summed E-state index contributed by atoms with van der Waals surface area (Å²) in [4.78, 5) is 20.1. The molecule has 0 atom stereocenters. The van der Waals surface area contributed by atoms with Gasteiger partial charge in [-0.1, -0.05) is 75.2 Å². The Hall–Kier alpha value is -4.10. The van der Waals surface area contributed by atoms with Crippen LogP contribution in [0.1, 0.15) is 61.1 Å². The number of imidazole rings is 1. The summed E-state index contributed by atoms with van der Waals surface area (Å²) < 4.78 is 8.03. The lowest BCUT2D eigenvalue weighted by Crippen LogP contribution is -2.34. The normalized spacial score (nSPS) is 12.6. The summed E-state index contributed by atoms with van der Waals surface area (Å²) in [7, 11) is 1.71. The van der Waals surface area contributed by atoms with Gasteiger partial charge < -0.3 is 19.9 Å². The highest BCUT2D eigenvalue weighted by Crippen LogP contribution is 2.33. The lowest BCUT2D eigenvalue weighted by Gasteiger charge is -2.25. The number of hydrogen-bond donors (Lipinski definition) is 2. The molecule has 0 bridgehead atoms. The number of carbonyl (C=O) groups excluding carboxylic acids is 1. The van der Waals surface area contributed by atoms with Crippen molar-refractivity contribution in [2.45, 2.75) is 59.2 Å². The Morgan fingerprint density at radius 2 is 1.71 bits per heavy atom. The van der Waals surface area contributed by atoms with Gasteiger partial charge in [-0.15, -0.1) is 0 Å². The standard InChI is InChI=1S/C34H41N5O2/c1-4-6-18-38(22-25-16-17-29-30(20-25)35-24-36-34(29)40)23-31-32(27-14-11-15-28(21-27)41-3)37-33(39(31)19-7-5-2)26-12-9-8-10-13-26/h8-17,20-21,35H,4-7,18-19,22-24H2,1-3H3,(H,36,40). The summed E-state index contributed by atoms with van der Waals surface area (Å²) >= 11 is 0. The minimum atomic E-state index is -0.0238. The van der Waals surface area contributed by atoms with Crippen LogP contribution in [0.15, 0.2) is 72.8 Å². The van der Waals surface area contributed by atoms with E-state index in [1.165, 1.54) is 11.3 Å².